The van der Waals surface area contributed by atoms with Crippen LogP contribution in [0.25, 0.3) is 0 Å². The van der Waals surface area contributed by atoms with Gasteiger partial charge in [0, 0.05) is 12.5 Å². The summed E-state index contributed by atoms with van der Waals surface area (Å²) in [7, 11) is 1.30. The Morgan fingerprint density at radius 3 is 2.57 bits per heavy atom. The number of carbonyl (C=O) groups is 2. The second kappa shape index (κ2) is 8.76. The minimum absolute atomic E-state index is 0.0455. The first-order chi connectivity index (χ1) is 14.3. The lowest BCUT2D eigenvalue weighted by Crippen LogP contribution is -2.40. The van der Waals surface area contributed by atoms with Gasteiger partial charge in [-0.05, 0) is 5.56 Å². The number of hydrogen-bond donors (Lipinski definition) is 1. The average molecular weight is 418 g/mol. The monoisotopic (exact) mass is 418 g/mol. The molecule has 1 fully saturated rings. The van der Waals surface area contributed by atoms with Crippen LogP contribution in [-0.4, -0.2) is 52.7 Å². The molecule has 2 aromatic rings. The first kappa shape index (κ1) is 21.0. The molecule has 9 nitrogen and oxygen atoms in total. The summed E-state index contributed by atoms with van der Waals surface area (Å²) >= 11 is 0. The fraction of sp³-hybridized carbons (Fsp3) is 0.300. The van der Waals surface area contributed by atoms with Gasteiger partial charge in [-0.25, -0.2) is 9.18 Å². The van der Waals surface area contributed by atoms with Gasteiger partial charge in [-0.3, -0.25) is 14.9 Å². The predicted molar refractivity (Wildman–Crippen MR) is 102 cm³/mol. The molecule has 2 atom stereocenters. The number of methoxy groups -OCH3 is 1. The number of amides is 1. The lowest BCUT2D eigenvalue weighted by molar-refractivity contribution is -0.385. The van der Waals surface area contributed by atoms with Crippen molar-refractivity contribution in [1.82, 2.24) is 4.90 Å². The maximum absolute atomic E-state index is 13.8. The topological polar surface area (TPSA) is 119 Å². The van der Waals surface area contributed by atoms with Crippen molar-refractivity contribution in [3.05, 3.63) is 63.7 Å². The first-order valence-corrected chi connectivity index (χ1v) is 9.02. The van der Waals surface area contributed by atoms with Crippen LogP contribution >= 0.6 is 0 Å². The molecular formula is C20H19FN2O7. The third-order valence-electron chi connectivity index (χ3n) is 4.74. The standard InChI is InChI=1S/C20H19FN2O7/c1-29-17-8-14(19(24)22-10-13(21)7-16(22)20(25)26)15(23(27)28)9-18(17)30-11-12-5-3-2-4-6-12/h2-6,8-9,13,16H,7,10-11H2,1H3,(H,25,26). The summed E-state index contributed by atoms with van der Waals surface area (Å²) in [4.78, 5) is 35.9. The zero-order chi connectivity index (χ0) is 21.8. The zero-order valence-corrected chi connectivity index (χ0v) is 16.0. The maximum Gasteiger partial charge on any atom is 0.326 e. The van der Waals surface area contributed by atoms with Crippen LogP contribution in [0.4, 0.5) is 10.1 Å². The summed E-state index contributed by atoms with van der Waals surface area (Å²) in [5.41, 5.74) is -0.169. The summed E-state index contributed by atoms with van der Waals surface area (Å²) < 4.78 is 24.6. The lowest BCUT2D eigenvalue weighted by Gasteiger charge is -2.21. The Hall–Kier alpha value is -3.69. The highest BCUT2D eigenvalue weighted by molar-refractivity contribution is 6.01. The van der Waals surface area contributed by atoms with Crippen molar-refractivity contribution in [2.45, 2.75) is 25.2 Å². The molecule has 1 saturated heterocycles. The van der Waals surface area contributed by atoms with Crippen LogP contribution in [0.2, 0.25) is 0 Å². The van der Waals surface area contributed by atoms with Gasteiger partial charge < -0.3 is 19.5 Å². The molecule has 3 rings (SSSR count). The third kappa shape index (κ3) is 4.32. The van der Waals surface area contributed by atoms with Gasteiger partial charge in [0.25, 0.3) is 11.6 Å². The molecule has 1 aliphatic rings. The molecule has 1 heterocycles. The van der Waals surface area contributed by atoms with Gasteiger partial charge in [-0.1, -0.05) is 30.3 Å². The van der Waals surface area contributed by atoms with Crippen molar-refractivity contribution in [3.63, 3.8) is 0 Å². The summed E-state index contributed by atoms with van der Waals surface area (Å²) in [6, 6.07) is 9.85. The van der Waals surface area contributed by atoms with E-state index in [1.807, 2.05) is 30.3 Å². The molecule has 2 aromatic carbocycles. The van der Waals surface area contributed by atoms with E-state index in [2.05, 4.69) is 0 Å². The molecule has 158 valence electrons. The number of halogens is 1. The van der Waals surface area contributed by atoms with E-state index in [1.54, 1.807) is 0 Å². The number of carboxylic acid groups (broad SMARTS) is 1. The van der Waals surface area contributed by atoms with Gasteiger partial charge >= 0.3 is 5.97 Å². The molecule has 0 aromatic heterocycles. The molecule has 10 heteroatoms. The molecule has 0 spiro atoms. The predicted octanol–water partition coefficient (Wildman–Crippen LogP) is 2.82. The summed E-state index contributed by atoms with van der Waals surface area (Å²) in [6.07, 6.45) is -1.89. The summed E-state index contributed by atoms with van der Waals surface area (Å²) in [5, 5.41) is 20.9. The molecule has 1 aliphatic heterocycles. The van der Waals surface area contributed by atoms with Crippen molar-refractivity contribution in [2.24, 2.45) is 0 Å². The number of nitro benzene ring substituents is 1. The fourth-order valence-electron chi connectivity index (χ4n) is 3.28. The normalized spacial score (nSPS) is 18.1. The summed E-state index contributed by atoms with van der Waals surface area (Å²) in [5.74, 6) is -2.23. The molecule has 30 heavy (non-hydrogen) atoms. The SMILES string of the molecule is COc1cc(C(=O)N2CC(F)CC2C(=O)O)c([N+](=O)[O-])cc1OCc1ccccc1. The molecule has 0 bridgehead atoms. The largest absolute Gasteiger partial charge is 0.493 e. The van der Waals surface area contributed by atoms with Crippen molar-refractivity contribution in [1.29, 1.82) is 0 Å². The van der Waals surface area contributed by atoms with E-state index < -0.39 is 46.8 Å². The van der Waals surface area contributed by atoms with E-state index in [9.17, 15) is 29.2 Å². The lowest BCUT2D eigenvalue weighted by atomic mass is 10.1. The molecule has 0 radical (unpaired) electrons. The fourth-order valence-corrected chi connectivity index (χ4v) is 3.28. The Kier molecular flexibility index (Phi) is 6.14. The Balaban J connectivity index is 1.95. The van der Waals surface area contributed by atoms with Crippen LogP contribution < -0.4 is 9.47 Å². The highest BCUT2D eigenvalue weighted by Gasteiger charge is 2.42. The van der Waals surface area contributed by atoms with E-state index in [4.69, 9.17) is 9.47 Å². The highest BCUT2D eigenvalue weighted by Crippen LogP contribution is 2.37. The summed E-state index contributed by atoms with van der Waals surface area (Å²) in [6.45, 7) is -0.347. The molecular weight excluding hydrogens is 399 g/mol. The number of aliphatic carboxylic acids is 1. The van der Waals surface area contributed by atoms with Gasteiger partial charge in [0.15, 0.2) is 11.5 Å². The number of rotatable bonds is 7. The second-order valence-electron chi connectivity index (χ2n) is 6.70. The van der Waals surface area contributed by atoms with E-state index in [0.29, 0.717) is 0 Å². The van der Waals surface area contributed by atoms with Crippen LogP contribution in [0.1, 0.15) is 22.3 Å². The average Bonchev–Trinajstić information content (AvgIpc) is 3.13. The van der Waals surface area contributed by atoms with Gasteiger partial charge in [0.05, 0.1) is 24.6 Å². The van der Waals surface area contributed by atoms with E-state index >= 15 is 0 Å². The number of benzene rings is 2. The molecule has 0 aliphatic carbocycles. The maximum atomic E-state index is 13.8. The van der Waals surface area contributed by atoms with Crippen LogP contribution in [0, 0.1) is 10.1 Å². The molecule has 2 unspecified atom stereocenters. The number of hydrogen-bond acceptors (Lipinski definition) is 6. The Morgan fingerprint density at radius 2 is 1.97 bits per heavy atom. The van der Waals surface area contributed by atoms with Gasteiger partial charge in [0.1, 0.15) is 24.4 Å². The van der Waals surface area contributed by atoms with Crippen molar-refractivity contribution in [2.75, 3.05) is 13.7 Å². The Bertz CT molecular complexity index is 967. The zero-order valence-electron chi connectivity index (χ0n) is 16.0. The number of nitrogens with zero attached hydrogens (tertiary/aromatic N) is 2. The van der Waals surface area contributed by atoms with E-state index in [-0.39, 0.29) is 24.5 Å². The third-order valence-corrected chi connectivity index (χ3v) is 4.74. The number of ether oxygens (including phenoxy) is 2. The second-order valence-corrected chi connectivity index (χ2v) is 6.70. The number of likely N-dealkylation sites (tertiary alicyclic amines) is 1. The number of nitro groups is 1. The first-order valence-electron chi connectivity index (χ1n) is 9.02. The van der Waals surface area contributed by atoms with Crippen molar-refractivity contribution < 1.29 is 33.5 Å². The molecule has 0 saturated carbocycles. The van der Waals surface area contributed by atoms with Crippen molar-refractivity contribution in [3.8, 4) is 11.5 Å². The van der Waals surface area contributed by atoms with Gasteiger partial charge in [-0.2, -0.15) is 0 Å². The van der Waals surface area contributed by atoms with Crippen LogP contribution in [-0.2, 0) is 11.4 Å². The van der Waals surface area contributed by atoms with Gasteiger partial charge in [-0.15, -0.1) is 0 Å². The van der Waals surface area contributed by atoms with Gasteiger partial charge in [0.2, 0.25) is 0 Å². The van der Waals surface area contributed by atoms with Crippen LogP contribution in [0.15, 0.2) is 42.5 Å². The minimum Gasteiger partial charge on any atom is -0.493 e. The van der Waals surface area contributed by atoms with E-state index in [1.165, 1.54) is 7.11 Å². The molecule has 1 N–H and O–H groups in total. The smallest absolute Gasteiger partial charge is 0.326 e. The number of alkyl halides is 1. The van der Waals surface area contributed by atoms with Crippen LogP contribution in [0.5, 0.6) is 11.5 Å². The quantitative estimate of drug-likeness (QED) is 0.542. The molecule has 1 amide bonds. The highest BCUT2D eigenvalue weighted by atomic mass is 19.1. The van der Waals surface area contributed by atoms with Crippen LogP contribution in [0.3, 0.4) is 0 Å². The number of carboxylic acids is 1. The van der Waals surface area contributed by atoms with E-state index in [0.717, 1.165) is 22.6 Å². The van der Waals surface area contributed by atoms with Crippen molar-refractivity contribution >= 4 is 17.6 Å². The Morgan fingerprint density at radius 1 is 1.27 bits per heavy atom. The number of carbonyl (C=O) groups excluding carboxylic acids is 1. The Labute approximate surface area is 170 Å². The minimum atomic E-state index is -1.52.